The van der Waals surface area contributed by atoms with Crippen molar-refractivity contribution in [3.8, 4) is 11.5 Å². The zero-order chi connectivity index (χ0) is 23.7. The first-order valence-electron chi connectivity index (χ1n) is 11.3. The van der Waals surface area contributed by atoms with E-state index in [1.165, 1.54) is 0 Å². The average molecular weight is 456 g/mol. The van der Waals surface area contributed by atoms with E-state index in [0.717, 1.165) is 0 Å². The third-order valence-electron chi connectivity index (χ3n) is 6.44. The Hall–Kier alpha value is -4.13. The molecule has 0 aromatic heterocycles. The van der Waals surface area contributed by atoms with E-state index in [4.69, 9.17) is 4.74 Å². The molecule has 3 amide bonds. The van der Waals surface area contributed by atoms with Crippen molar-refractivity contribution in [1.82, 2.24) is 4.90 Å². The van der Waals surface area contributed by atoms with Crippen molar-refractivity contribution in [2.24, 2.45) is 0 Å². The molecule has 5 rings (SSSR count). The summed E-state index contributed by atoms with van der Waals surface area (Å²) in [4.78, 5) is 42.3. The highest BCUT2D eigenvalue weighted by atomic mass is 16.5. The topological polar surface area (TPSA) is 79.0 Å². The van der Waals surface area contributed by atoms with Gasteiger partial charge in [0.2, 0.25) is 11.8 Å². The Balaban J connectivity index is 1.32. The molecule has 0 unspecified atom stereocenters. The van der Waals surface area contributed by atoms with E-state index in [0.29, 0.717) is 41.3 Å². The monoisotopic (exact) mass is 455 g/mol. The van der Waals surface area contributed by atoms with Crippen molar-refractivity contribution in [3.63, 3.8) is 0 Å². The number of ether oxygens (including phenoxy) is 1. The molecule has 7 heteroatoms. The third kappa shape index (κ3) is 3.79. The Morgan fingerprint density at radius 1 is 0.971 bits per heavy atom. The van der Waals surface area contributed by atoms with Gasteiger partial charge in [-0.2, -0.15) is 0 Å². The second-order valence-electron chi connectivity index (χ2n) is 8.63. The van der Waals surface area contributed by atoms with Gasteiger partial charge in [-0.1, -0.05) is 42.5 Å². The predicted molar refractivity (Wildman–Crippen MR) is 129 cm³/mol. The Bertz CT molecular complexity index is 1260. The van der Waals surface area contributed by atoms with Gasteiger partial charge >= 0.3 is 0 Å². The lowest BCUT2D eigenvalue weighted by molar-refractivity contribution is -0.117. The van der Waals surface area contributed by atoms with Crippen LogP contribution in [0.2, 0.25) is 0 Å². The number of amides is 3. The van der Waals surface area contributed by atoms with Crippen LogP contribution in [0.1, 0.15) is 36.5 Å². The van der Waals surface area contributed by atoms with Crippen molar-refractivity contribution in [1.29, 1.82) is 0 Å². The van der Waals surface area contributed by atoms with Crippen molar-refractivity contribution in [2.45, 2.75) is 31.8 Å². The van der Waals surface area contributed by atoms with E-state index in [9.17, 15) is 14.4 Å². The molecule has 1 saturated heterocycles. The highest BCUT2D eigenvalue weighted by molar-refractivity contribution is 6.10. The third-order valence-corrected chi connectivity index (χ3v) is 6.44. The molecule has 0 saturated carbocycles. The van der Waals surface area contributed by atoms with Crippen LogP contribution >= 0.6 is 0 Å². The number of fused-ring (bicyclic) bond motifs is 3. The summed E-state index contributed by atoms with van der Waals surface area (Å²) in [5.74, 6) is 0.786. The number of rotatable bonds is 6. The van der Waals surface area contributed by atoms with E-state index in [2.05, 4.69) is 5.32 Å². The molecule has 0 bridgehead atoms. The molecule has 2 aliphatic rings. The number of carbonyl (C=O) groups is 3. The minimum absolute atomic E-state index is 0.0103. The Morgan fingerprint density at radius 3 is 2.50 bits per heavy atom. The molecular formula is C27H25N3O4. The maximum atomic E-state index is 13.3. The summed E-state index contributed by atoms with van der Waals surface area (Å²) < 4.78 is 5.92. The van der Waals surface area contributed by atoms with Crippen LogP contribution < -0.4 is 15.0 Å². The molecule has 34 heavy (non-hydrogen) atoms. The van der Waals surface area contributed by atoms with E-state index >= 15 is 0 Å². The van der Waals surface area contributed by atoms with Crippen LogP contribution in [-0.4, -0.2) is 34.8 Å². The zero-order valence-corrected chi connectivity index (χ0v) is 18.9. The van der Waals surface area contributed by atoms with Gasteiger partial charge in [0.25, 0.3) is 5.91 Å². The largest absolute Gasteiger partial charge is 0.455 e. The summed E-state index contributed by atoms with van der Waals surface area (Å²) in [7, 11) is 0. The Kier molecular flexibility index (Phi) is 5.53. The van der Waals surface area contributed by atoms with Gasteiger partial charge in [0, 0.05) is 19.4 Å². The molecule has 2 aliphatic heterocycles. The van der Waals surface area contributed by atoms with Gasteiger partial charge in [-0.15, -0.1) is 0 Å². The first-order chi connectivity index (χ1) is 16.5. The standard InChI is InChI=1S/C27H25N3O4/c1-27-17-15-25(32)30(27)22-13-7-5-11-20(22)26(33)29(27)18-16-24(31)28-21-12-6-8-14-23(21)34-19-9-3-2-4-10-19/h2-14H,15-18H2,1H3,(H,28,31)/t27-/m0/s1. The van der Waals surface area contributed by atoms with E-state index < -0.39 is 5.66 Å². The molecule has 2 heterocycles. The van der Waals surface area contributed by atoms with E-state index in [1.54, 1.807) is 34.1 Å². The fourth-order valence-electron chi connectivity index (χ4n) is 4.74. The second kappa shape index (κ2) is 8.67. The van der Waals surface area contributed by atoms with E-state index in [-0.39, 0.29) is 30.7 Å². The van der Waals surface area contributed by atoms with Gasteiger partial charge in [0.05, 0.1) is 16.9 Å². The van der Waals surface area contributed by atoms with Crippen LogP contribution in [0.5, 0.6) is 11.5 Å². The Labute approximate surface area is 197 Å². The molecule has 7 nitrogen and oxygen atoms in total. The van der Waals surface area contributed by atoms with E-state index in [1.807, 2.05) is 61.5 Å². The molecule has 1 atom stereocenters. The fourth-order valence-corrected chi connectivity index (χ4v) is 4.74. The number of nitrogens with zero attached hydrogens (tertiary/aromatic N) is 2. The van der Waals surface area contributed by atoms with Crippen LogP contribution in [0.3, 0.4) is 0 Å². The van der Waals surface area contributed by atoms with Crippen molar-refractivity contribution in [2.75, 3.05) is 16.8 Å². The van der Waals surface area contributed by atoms with Crippen molar-refractivity contribution >= 4 is 29.1 Å². The summed E-state index contributed by atoms with van der Waals surface area (Å²) in [6.07, 6.45) is 0.984. The number of para-hydroxylation sites is 4. The fraction of sp³-hybridized carbons (Fsp3) is 0.222. The summed E-state index contributed by atoms with van der Waals surface area (Å²) in [6.45, 7) is 2.09. The zero-order valence-electron chi connectivity index (χ0n) is 18.9. The van der Waals surface area contributed by atoms with Gasteiger partial charge < -0.3 is 15.0 Å². The maximum absolute atomic E-state index is 13.3. The minimum atomic E-state index is -0.781. The number of hydrogen-bond acceptors (Lipinski definition) is 4. The smallest absolute Gasteiger partial charge is 0.257 e. The Morgan fingerprint density at radius 2 is 1.68 bits per heavy atom. The SMILES string of the molecule is C[C@@]12CCC(=O)N1c1ccccc1C(=O)N2CCC(=O)Nc1ccccc1Oc1ccccc1. The lowest BCUT2D eigenvalue weighted by Gasteiger charge is -2.48. The quantitative estimate of drug-likeness (QED) is 0.579. The van der Waals surface area contributed by atoms with Crippen LogP contribution in [-0.2, 0) is 9.59 Å². The maximum Gasteiger partial charge on any atom is 0.257 e. The van der Waals surface area contributed by atoms with Crippen molar-refractivity contribution < 1.29 is 19.1 Å². The predicted octanol–water partition coefficient (Wildman–Crippen LogP) is 4.81. The van der Waals surface area contributed by atoms with Crippen molar-refractivity contribution in [3.05, 3.63) is 84.4 Å². The molecule has 1 N–H and O–H groups in total. The van der Waals surface area contributed by atoms with Crippen LogP contribution in [0.15, 0.2) is 78.9 Å². The highest BCUT2D eigenvalue weighted by Crippen LogP contribution is 2.44. The molecule has 1 fully saturated rings. The summed E-state index contributed by atoms with van der Waals surface area (Å²) in [6, 6.07) is 23.7. The number of benzene rings is 3. The summed E-state index contributed by atoms with van der Waals surface area (Å²) >= 11 is 0. The van der Waals surface area contributed by atoms with Gasteiger partial charge in [-0.05, 0) is 49.7 Å². The summed E-state index contributed by atoms with van der Waals surface area (Å²) in [5.41, 5.74) is 0.898. The lowest BCUT2D eigenvalue weighted by Crippen LogP contribution is -2.62. The van der Waals surface area contributed by atoms with Gasteiger partial charge in [-0.3, -0.25) is 19.3 Å². The van der Waals surface area contributed by atoms with Gasteiger partial charge in [-0.25, -0.2) is 0 Å². The summed E-state index contributed by atoms with van der Waals surface area (Å²) in [5, 5.41) is 2.90. The molecular weight excluding hydrogens is 430 g/mol. The van der Waals surface area contributed by atoms with Crippen LogP contribution in [0.4, 0.5) is 11.4 Å². The van der Waals surface area contributed by atoms with Crippen LogP contribution in [0, 0.1) is 0 Å². The highest BCUT2D eigenvalue weighted by Gasteiger charge is 2.52. The number of nitrogens with one attached hydrogen (secondary N) is 1. The van der Waals surface area contributed by atoms with Gasteiger partial charge in [0.1, 0.15) is 11.4 Å². The number of hydrogen-bond donors (Lipinski definition) is 1. The number of anilines is 2. The lowest BCUT2D eigenvalue weighted by atomic mass is 9.98. The van der Waals surface area contributed by atoms with Crippen LogP contribution in [0.25, 0.3) is 0 Å². The molecule has 0 spiro atoms. The normalized spacial score (nSPS) is 19.0. The second-order valence-corrected chi connectivity index (χ2v) is 8.63. The molecule has 172 valence electrons. The van der Waals surface area contributed by atoms with Gasteiger partial charge in [0.15, 0.2) is 5.75 Å². The molecule has 3 aromatic carbocycles. The number of carbonyl (C=O) groups excluding carboxylic acids is 3. The average Bonchev–Trinajstić information content (AvgIpc) is 3.16. The minimum Gasteiger partial charge on any atom is -0.455 e. The first-order valence-corrected chi connectivity index (χ1v) is 11.3. The first kappa shape index (κ1) is 21.7. The molecule has 3 aromatic rings. The molecule has 0 radical (unpaired) electrons. The molecule has 0 aliphatic carbocycles.